The van der Waals surface area contributed by atoms with Gasteiger partial charge in [0.25, 0.3) is 38.9 Å². The Morgan fingerprint density at radius 2 is 0.792 bits per heavy atom. The number of H-pyrrole nitrogens is 4. The van der Waals surface area contributed by atoms with Crippen molar-refractivity contribution >= 4 is 83.5 Å². The van der Waals surface area contributed by atoms with Crippen LogP contribution in [-0.2, 0) is 61.2 Å². The van der Waals surface area contributed by atoms with E-state index in [1.165, 1.54) is 28.5 Å². The maximum Gasteiger partial charge on any atom is 0.471 e. The average molecular weight is 2290 g/mol. The highest BCUT2D eigenvalue weighted by atomic mass is 127. The molecule has 4 aromatic heterocycles. The molecule has 0 spiro atoms. The van der Waals surface area contributed by atoms with E-state index in [0.717, 1.165) is 53.4 Å². The van der Waals surface area contributed by atoms with E-state index in [0.29, 0.717) is 10.2 Å². The molecule has 0 aliphatic carbocycles. The number of nitrogens with zero attached hydrogens (tertiary/aromatic N) is 4. The molecule has 0 bridgehead atoms. The van der Waals surface area contributed by atoms with Gasteiger partial charge in [0, 0.05) is 84.7 Å². The fourth-order valence-corrected chi connectivity index (χ4v) is 24.9. The lowest BCUT2D eigenvalue weighted by Gasteiger charge is -2.43. The topological polar surface area (TPSA) is 508 Å². The van der Waals surface area contributed by atoms with Crippen LogP contribution in [0.3, 0.4) is 0 Å². The van der Waals surface area contributed by atoms with Crippen molar-refractivity contribution < 1.29 is 154 Å². The van der Waals surface area contributed by atoms with Gasteiger partial charge in [0.15, 0.2) is 6.29 Å². The number of aromatic nitrogens is 8. The Kier molecular flexibility index (Phi) is 43.6. The molecule has 820 valence electrons. The third kappa shape index (κ3) is 34.7. The molecule has 4 fully saturated rings. The summed E-state index contributed by atoms with van der Waals surface area (Å²) in [5.41, 5.74) is -6.74. The first-order valence-corrected chi connectivity index (χ1v) is 50.4. The van der Waals surface area contributed by atoms with Crippen LogP contribution in [0.5, 0.6) is 0 Å². The molecule has 0 saturated carbocycles. The molecule has 3 amide bonds. The van der Waals surface area contributed by atoms with Crippen molar-refractivity contribution in [2.75, 3.05) is 59.3 Å². The molecule has 4 aliphatic rings. The number of Topliss-reactive ketones (excluding diaryl/α,β-unsaturated/α-hetero) is 1. The number of aliphatic hydroxyl groups excluding tert-OH is 5. The number of hydrogen-bond acceptors (Lipinski definition) is 26. The molecule has 8 aromatic rings. The van der Waals surface area contributed by atoms with Gasteiger partial charge in [-0.05, 0) is 74.2 Å². The second-order valence-electron chi connectivity index (χ2n) is 34.6. The summed E-state index contributed by atoms with van der Waals surface area (Å²) in [6.07, 6.45) is -20.1. The number of ketones is 1. The predicted molar refractivity (Wildman–Crippen MR) is 539 cm³/mol. The number of carbonyl (C=O) groups is 4. The normalized spacial score (nSPS) is 19.9. The van der Waals surface area contributed by atoms with Gasteiger partial charge in [-0.3, -0.25) is 76.6 Å². The first-order chi connectivity index (χ1) is 74.0. The lowest BCUT2D eigenvalue weighted by Crippen LogP contribution is -2.67. The van der Waals surface area contributed by atoms with E-state index in [9.17, 15) is 126 Å². The number of aliphatic hydroxyl groups is 5. The molecule has 4 saturated heterocycles. The highest BCUT2D eigenvalue weighted by Crippen LogP contribution is 2.41. The van der Waals surface area contributed by atoms with Gasteiger partial charge < -0.3 is 83.5 Å². The summed E-state index contributed by atoms with van der Waals surface area (Å²) < 4.78 is 243. The van der Waals surface area contributed by atoms with Gasteiger partial charge in [0.1, 0.15) is 66.0 Å². The van der Waals surface area contributed by atoms with Crippen molar-refractivity contribution in [2.24, 2.45) is 0 Å². The summed E-state index contributed by atoms with van der Waals surface area (Å²) in [4.78, 5) is 148. The van der Waals surface area contributed by atoms with Gasteiger partial charge in [0.2, 0.25) is 5.78 Å². The molecule has 13 atom stereocenters. The molecule has 37 nitrogen and oxygen atoms in total. The largest absolute Gasteiger partial charge is 0.502 e. The van der Waals surface area contributed by atoms with E-state index < -0.39 is 223 Å². The highest BCUT2D eigenvalue weighted by Gasteiger charge is 2.54. The summed E-state index contributed by atoms with van der Waals surface area (Å²) in [7, 11) is -5.91. The minimum atomic E-state index is -5.07. The molecular formula is C97H122F12IN11O26Si2. The molecule has 5 unspecified atom stereocenters. The van der Waals surface area contributed by atoms with Crippen LogP contribution in [0.1, 0.15) is 157 Å². The molecule has 52 heteroatoms. The number of terminal acetylenes is 1. The Morgan fingerprint density at radius 1 is 0.490 bits per heavy atom. The lowest BCUT2D eigenvalue weighted by atomic mass is 10.2. The number of rotatable bonds is 27. The van der Waals surface area contributed by atoms with Crippen molar-refractivity contribution in [2.45, 2.75) is 216 Å². The molecule has 4 aliphatic heterocycles. The number of halogens is 13. The predicted octanol–water partition coefficient (Wildman–Crippen LogP) is 6.15. The zero-order chi connectivity index (χ0) is 119. The van der Waals surface area contributed by atoms with E-state index in [1.54, 1.807) is 40.1 Å². The number of hydrogen-bond donors (Lipinski definition) is 12. The van der Waals surface area contributed by atoms with E-state index in [4.69, 9.17) is 59.4 Å². The van der Waals surface area contributed by atoms with Crippen LogP contribution >= 0.6 is 22.6 Å². The number of amides is 3. The number of carbonyl (C=O) groups excluding carboxylic acids is 4. The van der Waals surface area contributed by atoms with Crippen LogP contribution in [-0.4, -0.2) is 243 Å². The SMILES string of the molecule is C#CCCC(=O)C(F)(F)F.C=COCC.CC(C)(C)[Si](OC[C@H]1O[C@@H](n2cc(C#CCNC(=O)C(F)(F)F)c(=O)[nH]c2=O)CC1O)(c1ccccc1)c1ccccc1.CCOC(C)OC1C[C@H](n2cc(C#CCNC(=O)C(F)(F)F)c(=O)[nH]c2=O)O[C@@H]1CO[Si](c1ccccc1)(c1ccccc1)C(C)(C)C.O=C(NCC#Cc1cn([C@H]2CC(O)[C@@H](CO)O2)c(=O)[nH]c1=O)C(F)(F)F.O=c1[nH]c(=O)n([C@H]2CC(O)[C@@H](CO)O2)cc1I.[3HH].[3HH].[3H][3H].[3H][3H].[3H][3H].[3H][3H]. The molecule has 0 radical (unpaired) electrons. The lowest BCUT2D eigenvalue weighted by molar-refractivity contribution is -0.173. The summed E-state index contributed by atoms with van der Waals surface area (Å²) in [5, 5.41) is 56.5. The van der Waals surface area contributed by atoms with E-state index in [2.05, 4.69) is 134 Å². The number of nitrogens with one attached hydrogen (secondary N) is 7. The number of ether oxygens (including phenoxy) is 7. The van der Waals surface area contributed by atoms with Crippen LogP contribution in [0, 0.1) is 51.4 Å². The van der Waals surface area contributed by atoms with E-state index in [-0.39, 0.29) is 81.5 Å². The van der Waals surface area contributed by atoms with Crippen molar-refractivity contribution in [3.63, 3.8) is 0 Å². The van der Waals surface area contributed by atoms with E-state index in [1.807, 2.05) is 122 Å². The standard InChI is InChI=1S/C34H40F3N3O7Si.C30H32F3N3O6Si.C14H14F3N3O6.C9H11IN2O5.C6H5F3O.C4H8O.6H2/c1-6-44-23(2)46-27-20-29(40-21-24(30(41)39-32(40)43)14-13-19-38-31(42)34(35,36)37)47-28(27)22-45-48(33(3,4)5,25-15-9-7-10-16-25)26-17-11-8-12-18-26;1-29(2,3)43(21-12-6-4-7-13-21,22-14-8-5-9-15-22)41-19-24-23(37)17-25(42-24)36-18-20(26(38)35-28(36)40)11-10-16-34-27(39)30(31,32)33;15-14(16,17)12(24)18-3-1-2-7-5-20(13(25)19-11(7)23)10-4-8(22)9(6-21)26-10;10-4-2-12(9(16)11-8(4)15)7-1-5(14)6(3-13)17-7;1-2-3-4-5(10)6(7,8)9;1-3-5-4-2;;;;;;/h7-12,15-18,21,23,27-29H,6,19-20,22H2,1-5H3,(H,38,42)(H,39,41,43);4-9,12-15,18,23-25,37H,16-17,19H2,1-3H3,(H,34,39)(H,35,38,40);5,8-10,21-22H,3-4,6H2,(H,18,24)(H,19,23,25);2,5-7,13-14H,1,3H2,(H,11,15,16);1H,3-4H2;3H,1,4H2,2H3;6*1H/t23?,27?,28-,29-;23?,24-,25-;8?,9-,10-;5?,6-,7-;;;;;;;;/m1111......../s1/i;;;;;;4*1+2T;2*1+2. The molecule has 12 rings (SSSR count). The number of benzene rings is 4. The van der Waals surface area contributed by atoms with Gasteiger partial charge in [-0.1, -0.05) is 205 Å². The zero-order valence-corrected chi connectivity index (χ0v) is 85.5. The Labute approximate surface area is 873 Å². The van der Waals surface area contributed by atoms with Crippen LogP contribution in [0.4, 0.5) is 52.7 Å². The zero-order valence-electron chi connectivity index (χ0n) is 89.3. The Morgan fingerprint density at radius 3 is 1.07 bits per heavy atom. The molecule has 8 heterocycles. The summed E-state index contributed by atoms with van der Waals surface area (Å²) >= 11 is 1.80. The third-order valence-corrected chi connectivity index (χ3v) is 33.1. The van der Waals surface area contributed by atoms with E-state index >= 15 is 0 Å². The summed E-state index contributed by atoms with van der Waals surface area (Å²) in [5.74, 6) is 7.45. The minimum absolute atomic E-state index is 0. The number of aromatic amines is 4. The monoisotopic (exact) mass is 2290 g/mol. The highest BCUT2D eigenvalue weighted by molar-refractivity contribution is 14.1. The van der Waals surface area contributed by atoms with Crippen LogP contribution in [0.15, 0.2) is 197 Å². The summed E-state index contributed by atoms with van der Waals surface area (Å²) in [6.45, 7) is 20.1. The van der Waals surface area contributed by atoms with Crippen LogP contribution in [0.25, 0.3) is 0 Å². The second kappa shape index (κ2) is 55.7. The van der Waals surface area contributed by atoms with Crippen molar-refractivity contribution in [1.29, 1.82) is 0 Å². The molecular weight excluding hydrogens is 2150 g/mol. The fraction of sp³-hybridized carbons (Fsp3) is 0.443. The van der Waals surface area contributed by atoms with Crippen molar-refractivity contribution in [1.82, 2.24) is 54.2 Å². The van der Waals surface area contributed by atoms with Gasteiger partial charge in [0.05, 0.1) is 86.9 Å². The molecule has 12 N–H and O–H groups in total. The first kappa shape index (κ1) is 117. The van der Waals surface area contributed by atoms with Crippen LogP contribution < -0.4 is 81.7 Å². The smallest absolute Gasteiger partial charge is 0.471 e. The fourth-order valence-electron chi connectivity index (χ4n) is 15.3. The Hall–Kier alpha value is -12.7. The third-order valence-electron chi connectivity index (χ3n) is 22.3. The quantitative estimate of drug-likeness (QED) is 0.00685. The van der Waals surface area contributed by atoms with Gasteiger partial charge in [-0.2, -0.15) is 52.7 Å². The molecule has 4 aromatic carbocycles. The second-order valence-corrected chi connectivity index (χ2v) is 44.4. The maximum atomic E-state index is 13.0. The summed E-state index contributed by atoms with van der Waals surface area (Å²) in [6, 6.07) is 40.0. The van der Waals surface area contributed by atoms with Gasteiger partial charge >= 0.3 is 65.2 Å². The van der Waals surface area contributed by atoms with Crippen molar-refractivity contribution in [3.8, 4) is 47.9 Å². The van der Waals surface area contributed by atoms with Gasteiger partial charge in [-0.15, -0.1) is 12.3 Å². The van der Waals surface area contributed by atoms with Gasteiger partial charge in [-0.25, -0.2) is 19.2 Å². The van der Waals surface area contributed by atoms with Crippen LogP contribution in [0.2, 0.25) is 10.1 Å². The maximum absolute atomic E-state index is 13.0. The minimum Gasteiger partial charge on any atom is -0.502 e. The average Bonchev–Trinajstić information content (AvgIpc) is 1.46. The molecule has 149 heavy (non-hydrogen) atoms. The Balaban J connectivity index is 0.00000103. The number of alkyl halides is 12. The van der Waals surface area contributed by atoms with Crippen molar-refractivity contribution in [3.05, 3.63) is 263 Å². The first-order valence-electron chi connectivity index (χ1n) is 49.5. The Bertz CT molecular complexity index is 6570.